The van der Waals surface area contributed by atoms with Crippen LogP contribution in [0.3, 0.4) is 0 Å². The molecule has 1 atom stereocenters. The van der Waals surface area contributed by atoms with Gasteiger partial charge in [0.25, 0.3) is 0 Å². The van der Waals surface area contributed by atoms with Gasteiger partial charge in [-0.05, 0) is 37.5 Å². The van der Waals surface area contributed by atoms with Crippen LogP contribution >= 0.6 is 0 Å². The van der Waals surface area contributed by atoms with Gasteiger partial charge < -0.3 is 20.4 Å². The lowest BCUT2D eigenvalue weighted by Crippen LogP contribution is -2.51. The summed E-state index contributed by atoms with van der Waals surface area (Å²) in [5.41, 5.74) is 3.36. The summed E-state index contributed by atoms with van der Waals surface area (Å²) in [4.78, 5) is 14.1. The normalized spacial score (nSPS) is 16.9. The number of benzene rings is 1. The van der Waals surface area contributed by atoms with Gasteiger partial charge in [0.2, 0.25) is 0 Å². The fourth-order valence-corrected chi connectivity index (χ4v) is 4.17. The highest BCUT2D eigenvalue weighted by Crippen LogP contribution is 2.23. The van der Waals surface area contributed by atoms with Crippen LogP contribution in [-0.4, -0.2) is 60.5 Å². The van der Waals surface area contributed by atoms with E-state index in [0.29, 0.717) is 12.6 Å². The van der Waals surface area contributed by atoms with E-state index < -0.39 is 0 Å². The number of aryl methyl sites for hydroxylation is 1. The Morgan fingerprint density at radius 2 is 2.12 bits per heavy atom. The molecule has 0 amide bonds. The van der Waals surface area contributed by atoms with Crippen LogP contribution in [0.1, 0.15) is 25.3 Å². The molecular formula is C24H34N8. The summed E-state index contributed by atoms with van der Waals surface area (Å²) in [7, 11) is 6.00. The van der Waals surface area contributed by atoms with E-state index in [9.17, 15) is 0 Å². The maximum atomic E-state index is 4.94. The van der Waals surface area contributed by atoms with Crippen molar-refractivity contribution in [2.75, 3.05) is 43.5 Å². The lowest BCUT2D eigenvalue weighted by Gasteiger charge is -2.34. The third-order valence-corrected chi connectivity index (χ3v) is 5.82. The predicted octanol–water partition coefficient (Wildman–Crippen LogP) is 2.76. The Kier molecular flexibility index (Phi) is 6.78. The van der Waals surface area contributed by atoms with Gasteiger partial charge in [-0.15, -0.1) is 0 Å². The van der Waals surface area contributed by atoms with Crippen LogP contribution in [0.5, 0.6) is 0 Å². The van der Waals surface area contributed by atoms with Crippen molar-refractivity contribution in [1.82, 2.24) is 25.4 Å². The van der Waals surface area contributed by atoms with Gasteiger partial charge >= 0.3 is 0 Å². The lowest BCUT2D eigenvalue weighted by molar-refractivity contribution is 0.468. The zero-order valence-corrected chi connectivity index (χ0v) is 19.5. The number of piperidine rings is 1. The quantitative estimate of drug-likeness (QED) is 0.459. The van der Waals surface area contributed by atoms with E-state index in [-0.39, 0.29) is 0 Å². The molecule has 170 valence electrons. The van der Waals surface area contributed by atoms with Crippen molar-refractivity contribution in [1.29, 1.82) is 0 Å². The van der Waals surface area contributed by atoms with Crippen molar-refractivity contribution in [3.05, 3.63) is 48.3 Å². The Morgan fingerprint density at radius 1 is 1.28 bits per heavy atom. The molecule has 1 aliphatic rings. The third kappa shape index (κ3) is 5.12. The number of nitrogens with zero attached hydrogens (tertiary/aromatic N) is 6. The number of nitrogens with one attached hydrogen (secondary N) is 2. The monoisotopic (exact) mass is 434 g/mol. The van der Waals surface area contributed by atoms with Crippen molar-refractivity contribution in [3.8, 4) is 0 Å². The highest BCUT2D eigenvalue weighted by Gasteiger charge is 2.22. The molecule has 0 aliphatic carbocycles. The van der Waals surface area contributed by atoms with Crippen LogP contribution in [0.25, 0.3) is 10.9 Å². The smallest absolute Gasteiger partial charge is 0.191 e. The fourth-order valence-electron chi connectivity index (χ4n) is 4.17. The molecule has 2 aromatic heterocycles. The number of pyridine rings is 1. The minimum Gasteiger partial charge on any atom is -0.367 e. The molecule has 1 aliphatic heterocycles. The second-order valence-corrected chi connectivity index (χ2v) is 8.55. The second kappa shape index (κ2) is 9.89. The van der Waals surface area contributed by atoms with Crippen molar-refractivity contribution < 1.29 is 0 Å². The maximum Gasteiger partial charge on any atom is 0.191 e. The van der Waals surface area contributed by atoms with Crippen LogP contribution in [0, 0.1) is 0 Å². The summed E-state index contributed by atoms with van der Waals surface area (Å²) in [6.07, 6.45) is 6.30. The Labute approximate surface area is 190 Å². The first-order valence-corrected chi connectivity index (χ1v) is 11.4. The largest absolute Gasteiger partial charge is 0.367 e. The first-order valence-electron chi connectivity index (χ1n) is 11.4. The molecule has 3 heterocycles. The molecule has 8 nitrogen and oxygen atoms in total. The van der Waals surface area contributed by atoms with Crippen LogP contribution < -0.4 is 20.4 Å². The number of aliphatic imine (C=N–C) groups is 1. The highest BCUT2D eigenvalue weighted by molar-refractivity contribution is 5.85. The summed E-state index contributed by atoms with van der Waals surface area (Å²) in [5, 5.41) is 12.6. The Morgan fingerprint density at radius 3 is 2.88 bits per heavy atom. The predicted molar refractivity (Wildman–Crippen MR) is 132 cm³/mol. The number of anilines is 2. The average Bonchev–Trinajstić information content (AvgIpc) is 3.23. The number of fused-ring (bicyclic) bond motifs is 1. The summed E-state index contributed by atoms with van der Waals surface area (Å²) >= 11 is 0. The first-order chi connectivity index (χ1) is 15.5. The van der Waals surface area contributed by atoms with E-state index in [0.717, 1.165) is 55.2 Å². The molecule has 4 rings (SSSR count). The summed E-state index contributed by atoms with van der Waals surface area (Å²) in [6.45, 7) is 5.53. The van der Waals surface area contributed by atoms with Gasteiger partial charge in [0.1, 0.15) is 5.82 Å². The average molecular weight is 435 g/mol. The number of aromatic nitrogens is 3. The number of para-hydroxylation sites is 1. The van der Waals surface area contributed by atoms with Crippen molar-refractivity contribution >= 4 is 28.4 Å². The molecule has 8 heteroatoms. The molecule has 0 radical (unpaired) electrons. The Hall–Kier alpha value is -3.29. The lowest BCUT2D eigenvalue weighted by atomic mass is 10.1. The fraction of sp³-hybridized carbons (Fsp3) is 0.458. The number of hydrogen-bond donors (Lipinski definition) is 2. The summed E-state index contributed by atoms with van der Waals surface area (Å²) in [6, 6.07) is 10.8. The first kappa shape index (κ1) is 21.9. The Bertz CT molecular complexity index is 1070. The topological polar surface area (TPSA) is 73.6 Å². The van der Waals surface area contributed by atoms with Crippen LogP contribution in [0.4, 0.5) is 11.5 Å². The second-order valence-electron chi connectivity index (χ2n) is 8.55. The molecule has 1 unspecified atom stereocenters. The van der Waals surface area contributed by atoms with E-state index >= 15 is 0 Å². The van der Waals surface area contributed by atoms with E-state index in [2.05, 4.69) is 58.0 Å². The minimum absolute atomic E-state index is 0.341. The zero-order valence-electron chi connectivity index (χ0n) is 19.5. The molecule has 1 fully saturated rings. The van der Waals surface area contributed by atoms with Gasteiger partial charge in [-0.3, -0.25) is 4.68 Å². The van der Waals surface area contributed by atoms with E-state index in [1.165, 1.54) is 11.3 Å². The SMILES string of the molecule is CCNC(=NCc1cc(N(C)C)nc2ccccc12)NC1CCCN(c2cnn(C)c2)C1. The molecule has 0 bridgehead atoms. The summed E-state index contributed by atoms with van der Waals surface area (Å²) in [5.74, 6) is 1.81. The van der Waals surface area contributed by atoms with Gasteiger partial charge in [0, 0.05) is 58.4 Å². The van der Waals surface area contributed by atoms with E-state index in [1.807, 2.05) is 43.0 Å². The van der Waals surface area contributed by atoms with E-state index in [1.54, 1.807) is 0 Å². The molecule has 32 heavy (non-hydrogen) atoms. The molecular weight excluding hydrogens is 400 g/mol. The van der Waals surface area contributed by atoms with Crippen LogP contribution in [0.2, 0.25) is 0 Å². The van der Waals surface area contributed by atoms with Gasteiger partial charge in [-0.25, -0.2) is 9.98 Å². The molecule has 1 aromatic carbocycles. The van der Waals surface area contributed by atoms with Crippen LogP contribution in [0.15, 0.2) is 47.7 Å². The third-order valence-electron chi connectivity index (χ3n) is 5.82. The molecule has 3 aromatic rings. The molecule has 0 spiro atoms. The van der Waals surface area contributed by atoms with Crippen molar-refractivity contribution in [2.24, 2.45) is 12.0 Å². The van der Waals surface area contributed by atoms with Crippen LogP contribution in [-0.2, 0) is 13.6 Å². The molecule has 2 N–H and O–H groups in total. The minimum atomic E-state index is 0.341. The van der Waals surface area contributed by atoms with Crippen molar-refractivity contribution in [3.63, 3.8) is 0 Å². The number of hydrogen-bond acceptors (Lipinski definition) is 5. The van der Waals surface area contributed by atoms with Gasteiger partial charge in [0.05, 0.1) is 23.9 Å². The maximum absolute atomic E-state index is 4.94. The highest BCUT2D eigenvalue weighted by atomic mass is 15.3. The van der Waals surface area contributed by atoms with E-state index in [4.69, 9.17) is 9.98 Å². The molecule has 1 saturated heterocycles. The van der Waals surface area contributed by atoms with Gasteiger partial charge in [-0.2, -0.15) is 5.10 Å². The van der Waals surface area contributed by atoms with Gasteiger partial charge in [0.15, 0.2) is 5.96 Å². The Balaban J connectivity index is 1.51. The standard InChI is InChI=1S/C24H34N8/c1-5-25-24(28-19-9-8-12-32(16-19)20-15-27-31(4)17-20)26-14-18-13-23(30(2)3)29-22-11-7-6-10-21(18)22/h6-7,10-11,13,15,17,19H,5,8-9,12,14,16H2,1-4H3,(H2,25,26,28). The summed E-state index contributed by atoms with van der Waals surface area (Å²) < 4.78 is 1.86. The zero-order chi connectivity index (χ0) is 22.5. The molecule has 0 saturated carbocycles. The van der Waals surface area contributed by atoms with Crippen molar-refractivity contribution in [2.45, 2.75) is 32.4 Å². The van der Waals surface area contributed by atoms with Gasteiger partial charge in [-0.1, -0.05) is 18.2 Å². The number of rotatable bonds is 6. The number of guanidine groups is 1.